The van der Waals surface area contributed by atoms with Crippen molar-refractivity contribution in [3.63, 3.8) is 0 Å². The van der Waals surface area contributed by atoms with Gasteiger partial charge in [0.05, 0.1) is 7.11 Å². The molecule has 1 aromatic rings. The Bertz CT molecular complexity index is 548. The zero-order chi connectivity index (χ0) is 15.5. The fourth-order valence-electron chi connectivity index (χ4n) is 1.19. The average molecular weight is 279 g/mol. The van der Waals surface area contributed by atoms with E-state index in [0.29, 0.717) is 17.1 Å². The molecule has 0 saturated carbocycles. The molecular formula is C12H13N3O5. The Morgan fingerprint density at radius 3 is 2.45 bits per heavy atom. The number of hydrogen-bond donors (Lipinski definition) is 2. The van der Waals surface area contributed by atoms with Crippen molar-refractivity contribution >= 4 is 18.0 Å². The number of aliphatic carboxylic acids is 1. The highest BCUT2D eigenvalue weighted by molar-refractivity contribution is 5.85. The number of nitrogens with one attached hydrogen (secondary N) is 1. The summed E-state index contributed by atoms with van der Waals surface area (Å²) in [5, 5.41) is 8.49. The maximum absolute atomic E-state index is 10.8. The third-order valence-corrected chi connectivity index (χ3v) is 1.86. The highest BCUT2D eigenvalue weighted by Gasteiger charge is 2.06. The van der Waals surface area contributed by atoms with Crippen LogP contribution in [0.1, 0.15) is 12.5 Å². The normalized spacial score (nSPS) is 9.10. The average Bonchev–Trinajstić information content (AvgIpc) is 2.37. The number of carboxylic acids is 1. The van der Waals surface area contributed by atoms with Gasteiger partial charge in [0.2, 0.25) is 0 Å². The molecule has 0 saturated heterocycles. The molecule has 0 radical (unpaired) electrons. The molecule has 0 aliphatic carbocycles. The van der Waals surface area contributed by atoms with Crippen LogP contribution < -0.4 is 9.47 Å². The smallest absolute Gasteiger partial charge is 0.328 e. The van der Waals surface area contributed by atoms with Gasteiger partial charge in [-0.25, -0.2) is 4.79 Å². The van der Waals surface area contributed by atoms with Gasteiger partial charge in [-0.15, -0.1) is 5.53 Å². The number of methoxy groups -OCH3 is 1. The van der Waals surface area contributed by atoms with Crippen molar-refractivity contribution < 1.29 is 24.2 Å². The van der Waals surface area contributed by atoms with Crippen molar-refractivity contribution in [3.05, 3.63) is 40.3 Å². The van der Waals surface area contributed by atoms with Crippen LogP contribution >= 0.6 is 0 Å². The van der Waals surface area contributed by atoms with Gasteiger partial charge < -0.3 is 14.6 Å². The Balaban J connectivity index is 0.00000110. The van der Waals surface area contributed by atoms with E-state index < -0.39 is 11.9 Å². The Morgan fingerprint density at radius 1 is 1.40 bits per heavy atom. The molecule has 0 aromatic heterocycles. The fraction of sp³-hybridized carbons (Fsp3) is 0.167. The largest absolute Gasteiger partial charge is 0.493 e. The van der Waals surface area contributed by atoms with E-state index in [9.17, 15) is 9.59 Å². The predicted octanol–water partition coefficient (Wildman–Crippen LogP) is 2.59. The lowest BCUT2D eigenvalue weighted by molar-refractivity contribution is -0.132. The molecule has 0 amide bonds. The number of hydrogen-bond acceptors (Lipinski definition) is 5. The molecule has 1 aromatic carbocycles. The number of carboxylic acid groups (broad SMARTS) is 1. The molecule has 0 aliphatic heterocycles. The minimum atomic E-state index is -1.03. The van der Waals surface area contributed by atoms with Gasteiger partial charge in [-0.05, 0) is 34.2 Å². The van der Waals surface area contributed by atoms with Gasteiger partial charge in [0, 0.05) is 13.0 Å². The molecule has 0 atom stereocenters. The zero-order valence-electron chi connectivity index (χ0n) is 10.9. The van der Waals surface area contributed by atoms with Crippen molar-refractivity contribution in [2.45, 2.75) is 6.92 Å². The van der Waals surface area contributed by atoms with Crippen LogP contribution in [0.2, 0.25) is 0 Å². The van der Waals surface area contributed by atoms with Gasteiger partial charge in [-0.2, -0.15) is 0 Å². The SMILES string of the molecule is COc1cc(C=CC(=O)O)ccc1OC(C)=O.[N-]=[N+]=N. The van der Waals surface area contributed by atoms with E-state index in [1.165, 1.54) is 20.1 Å². The van der Waals surface area contributed by atoms with Gasteiger partial charge in [0.25, 0.3) is 0 Å². The second-order valence-corrected chi connectivity index (χ2v) is 3.28. The number of ether oxygens (including phenoxy) is 2. The Hall–Kier alpha value is -2.99. The Labute approximate surface area is 114 Å². The van der Waals surface area contributed by atoms with Gasteiger partial charge >= 0.3 is 11.9 Å². The molecule has 8 heteroatoms. The van der Waals surface area contributed by atoms with Crippen LogP contribution in [-0.4, -0.2) is 24.2 Å². The van der Waals surface area contributed by atoms with Gasteiger partial charge in [0.1, 0.15) is 0 Å². The van der Waals surface area contributed by atoms with Crippen molar-refractivity contribution in [3.8, 4) is 11.5 Å². The molecule has 0 bridgehead atoms. The predicted molar refractivity (Wildman–Crippen MR) is 70.4 cm³/mol. The van der Waals surface area contributed by atoms with Gasteiger partial charge in [-0.1, -0.05) is 6.07 Å². The number of nitrogens with zero attached hydrogens (tertiary/aromatic N) is 2. The molecule has 0 heterocycles. The van der Waals surface area contributed by atoms with E-state index in [4.69, 9.17) is 25.6 Å². The van der Waals surface area contributed by atoms with Crippen LogP contribution in [0, 0.1) is 5.53 Å². The Morgan fingerprint density at radius 2 is 2.00 bits per heavy atom. The van der Waals surface area contributed by atoms with E-state index >= 15 is 0 Å². The van der Waals surface area contributed by atoms with Gasteiger partial charge in [-0.3, -0.25) is 4.79 Å². The summed E-state index contributed by atoms with van der Waals surface area (Å²) in [6.07, 6.45) is 2.43. The highest BCUT2D eigenvalue weighted by atomic mass is 16.6. The van der Waals surface area contributed by atoms with Crippen molar-refractivity contribution in [1.29, 1.82) is 5.53 Å². The molecule has 0 spiro atoms. The lowest BCUT2D eigenvalue weighted by Crippen LogP contribution is -2.03. The molecule has 106 valence electrons. The van der Waals surface area contributed by atoms with E-state index in [1.54, 1.807) is 23.1 Å². The standard InChI is InChI=1S/C12H12O5.HN3/c1-8(13)17-10-5-3-9(4-6-12(14)15)7-11(10)16-2;1-3-2/h3-7H,1-2H3,(H,14,15);1H. The summed E-state index contributed by atoms with van der Waals surface area (Å²) < 4.78 is 9.95. The number of esters is 1. The van der Waals surface area contributed by atoms with Crippen LogP contribution in [0.5, 0.6) is 11.5 Å². The molecular weight excluding hydrogens is 266 g/mol. The van der Waals surface area contributed by atoms with Crippen molar-refractivity contribution in [2.24, 2.45) is 0 Å². The minimum absolute atomic E-state index is 0.299. The maximum Gasteiger partial charge on any atom is 0.328 e. The first kappa shape index (κ1) is 17.0. The monoisotopic (exact) mass is 279 g/mol. The summed E-state index contributed by atoms with van der Waals surface area (Å²) >= 11 is 0. The summed E-state index contributed by atoms with van der Waals surface area (Å²) in [7, 11) is 1.44. The summed E-state index contributed by atoms with van der Waals surface area (Å²) in [6, 6.07) is 4.75. The lowest BCUT2D eigenvalue weighted by atomic mass is 10.2. The van der Waals surface area contributed by atoms with E-state index in [-0.39, 0.29) is 0 Å². The van der Waals surface area contributed by atoms with Crippen LogP contribution in [0.4, 0.5) is 0 Å². The Kier molecular flexibility index (Phi) is 7.66. The van der Waals surface area contributed by atoms with Crippen molar-refractivity contribution in [1.82, 2.24) is 0 Å². The lowest BCUT2D eigenvalue weighted by Gasteiger charge is -2.08. The first-order valence-electron chi connectivity index (χ1n) is 5.22. The number of rotatable bonds is 4. The van der Waals surface area contributed by atoms with E-state index in [1.807, 2.05) is 0 Å². The second kappa shape index (κ2) is 9.01. The quantitative estimate of drug-likeness (QED) is 0.218. The first-order chi connectivity index (χ1) is 9.44. The van der Waals surface area contributed by atoms with E-state index in [0.717, 1.165) is 6.08 Å². The summed E-state index contributed by atoms with van der Waals surface area (Å²) in [5.74, 6) is -0.814. The molecule has 0 aliphatic rings. The van der Waals surface area contributed by atoms with Crippen LogP contribution in [0.15, 0.2) is 24.3 Å². The first-order valence-corrected chi connectivity index (χ1v) is 5.22. The number of benzene rings is 1. The van der Waals surface area contributed by atoms with Crippen molar-refractivity contribution in [2.75, 3.05) is 7.11 Å². The summed E-state index contributed by atoms with van der Waals surface area (Å²) in [5.41, 5.74) is 12.9. The minimum Gasteiger partial charge on any atom is -0.493 e. The molecule has 0 fully saturated rings. The van der Waals surface area contributed by atoms with Crippen LogP contribution in [-0.2, 0) is 9.59 Å². The third-order valence-electron chi connectivity index (χ3n) is 1.86. The maximum atomic E-state index is 10.8. The second-order valence-electron chi connectivity index (χ2n) is 3.28. The molecule has 20 heavy (non-hydrogen) atoms. The zero-order valence-corrected chi connectivity index (χ0v) is 10.9. The molecule has 2 N–H and O–H groups in total. The fourth-order valence-corrected chi connectivity index (χ4v) is 1.19. The topological polar surface area (TPSA) is 133 Å². The van der Waals surface area contributed by atoms with Crippen LogP contribution in [0.3, 0.4) is 0 Å². The third kappa shape index (κ3) is 6.67. The highest BCUT2D eigenvalue weighted by Crippen LogP contribution is 2.28. The van der Waals surface area contributed by atoms with E-state index in [2.05, 4.69) is 0 Å². The summed E-state index contributed by atoms with van der Waals surface area (Å²) in [6.45, 7) is 1.29. The molecule has 8 nitrogen and oxygen atoms in total. The summed E-state index contributed by atoms with van der Waals surface area (Å²) in [4.78, 5) is 22.9. The molecule has 1 rings (SSSR count). The van der Waals surface area contributed by atoms with Crippen LogP contribution in [0.25, 0.3) is 16.5 Å². The molecule has 0 unspecified atom stereocenters. The van der Waals surface area contributed by atoms with Gasteiger partial charge in [0.15, 0.2) is 11.5 Å². The number of carbonyl (C=O) groups is 2. The number of carbonyl (C=O) groups excluding carboxylic acids is 1.